The molecule has 1 unspecified atom stereocenters. The van der Waals surface area contributed by atoms with Crippen LogP contribution in [0.4, 0.5) is 0 Å². The van der Waals surface area contributed by atoms with E-state index in [1.165, 1.54) is 0 Å². The second kappa shape index (κ2) is 4.31. The summed E-state index contributed by atoms with van der Waals surface area (Å²) in [6, 6.07) is 1.77. The first kappa shape index (κ1) is 9.98. The lowest BCUT2D eigenvalue weighted by Crippen LogP contribution is -2.07. The van der Waals surface area contributed by atoms with Gasteiger partial charge in [0.25, 0.3) is 0 Å². The van der Waals surface area contributed by atoms with E-state index in [9.17, 15) is 5.11 Å². The molecule has 80 valence electrons. The van der Waals surface area contributed by atoms with Crippen molar-refractivity contribution in [3.63, 3.8) is 0 Å². The smallest absolute Gasteiger partial charge is 0.111 e. The van der Waals surface area contributed by atoms with Gasteiger partial charge in [0.15, 0.2) is 0 Å². The number of aliphatic hydroxyl groups is 1. The highest BCUT2D eigenvalue weighted by molar-refractivity contribution is 5.11. The van der Waals surface area contributed by atoms with Gasteiger partial charge in [-0.3, -0.25) is 0 Å². The molecule has 0 aromatic carbocycles. The van der Waals surface area contributed by atoms with Crippen molar-refractivity contribution in [3.05, 3.63) is 42.4 Å². The highest BCUT2D eigenvalue weighted by atomic mass is 16.3. The third kappa shape index (κ3) is 2.10. The van der Waals surface area contributed by atoms with E-state index in [2.05, 4.69) is 11.9 Å². The Kier molecular flexibility index (Phi) is 2.87. The molecule has 0 aliphatic carbocycles. The van der Waals surface area contributed by atoms with E-state index in [1.807, 2.05) is 10.8 Å². The third-order valence-electron chi connectivity index (χ3n) is 2.45. The van der Waals surface area contributed by atoms with E-state index in [0.717, 1.165) is 17.9 Å². The van der Waals surface area contributed by atoms with Crippen LogP contribution in [0.25, 0.3) is 0 Å². The minimum atomic E-state index is -0.545. The third-order valence-corrected chi connectivity index (χ3v) is 2.45. The van der Waals surface area contributed by atoms with Gasteiger partial charge in [0.1, 0.15) is 5.82 Å². The Morgan fingerprint density at radius 1 is 1.60 bits per heavy atom. The maximum absolute atomic E-state index is 9.89. The summed E-state index contributed by atoms with van der Waals surface area (Å²) >= 11 is 0. The molecule has 2 aromatic heterocycles. The Morgan fingerprint density at radius 2 is 2.47 bits per heavy atom. The molecular weight excluding hydrogens is 192 g/mol. The number of hydrogen-bond acceptors (Lipinski definition) is 3. The van der Waals surface area contributed by atoms with Gasteiger partial charge in [-0.05, 0) is 13.0 Å². The summed E-state index contributed by atoms with van der Waals surface area (Å²) in [6.07, 6.45) is 6.75. The Hall–Kier alpha value is -1.55. The first-order valence-electron chi connectivity index (χ1n) is 5.01. The van der Waals surface area contributed by atoms with Gasteiger partial charge in [-0.15, -0.1) is 0 Å². The van der Waals surface area contributed by atoms with Crippen LogP contribution in [-0.2, 0) is 13.0 Å². The normalized spacial score (nSPS) is 12.9. The quantitative estimate of drug-likeness (QED) is 0.829. The number of rotatable bonds is 4. The fourth-order valence-electron chi connectivity index (χ4n) is 1.57. The van der Waals surface area contributed by atoms with E-state index in [0.29, 0.717) is 6.42 Å². The average molecular weight is 206 g/mol. The summed E-state index contributed by atoms with van der Waals surface area (Å²) in [5.74, 6) is 0.895. The van der Waals surface area contributed by atoms with Gasteiger partial charge < -0.3 is 14.1 Å². The van der Waals surface area contributed by atoms with Gasteiger partial charge in [0, 0.05) is 30.9 Å². The summed E-state index contributed by atoms with van der Waals surface area (Å²) in [6.45, 7) is 2.92. The van der Waals surface area contributed by atoms with Crippen LogP contribution in [0.1, 0.15) is 24.4 Å². The minimum absolute atomic E-state index is 0.514. The first-order valence-corrected chi connectivity index (χ1v) is 5.01. The summed E-state index contributed by atoms with van der Waals surface area (Å²) in [7, 11) is 0. The first-order chi connectivity index (χ1) is 7.31. The Morgan fingerprint density at radius 3 is 3.13 bits per heavy atom. The molecule has 0 aliphatic heterocycles. The fourth-order valence-corrected chi connectivity index (χ4v) is 1.57. The van der Waals surface area contributed by atoms with E-state index in [-0.39, 0.29) is 0 Å². The molecule has 2 aromatic rings. The lowest BCUT2D eigenvalue weighted by Gasteiger charge is -2.09. The maximum Gasteiger partial charge on any atom is 0.111 e. The lowest BCUT2D eigenvalue weighted by molar-refractivity contribution is 0.173. The fraction of sp³-hybridized carbons (Fsp3) is 0.364. The van der Waals surface area contributed by atoms with Crippen LogP contribution in [0.5, 0.6) is 0 Å². The van der Waals surface area contributed by atoms with Crippen LogP contribution < -0.4 is 0 Å². The van der Waals surface area contributed by atoms with Crippen LogP contribution in [0.3, 0.4) is 0 Å². The number of hydrogen-bond donors (Lipinski definition) is 1. The summed E-state index contributed by atoms with van der Waals surface area (Å²) in [4.78, 5) is 4.21. The zero-order valence-corrected chi connectivity index (χ0v) is 8.63. The molecule has 2 rings (SSSR count). The van der Waals surface area contributed by atoms with Gasteiger partial charge in [-0.2, -0.15) is 0 Å². The van der Waals surface area contributed by atoms with Crippen molar-refractivity contribution >= 4 is 0 Å². The van der Waals surface area contributed by atoms with Crippen molar-refractivity contribution in [1.82, 2.24) is 9.55 Å². The Bertz CT molecular complexity index is 406. The van der Waals surface area contributed by atoms with Gasteiger partial charge in [0.2, 0.25) is 0 Å². The van der Waals surface area contributed by atoms with Crippen LogP contribution in [0.15, 0.2) is 35.4 Å². The van der Waals surface area contributed by atoms with Crippen LogP contribution >= 0.6 is 0 Å². The standard InChI is InChI=1S/C11H14N2O2/c1-2-13-5-4-12-11(13)7-10(14)9-3-6-15-8-9/h3-6,8,10,14H,2,7H2,1H3. The van der Waals surface area contributed by atoms with Gasteiger partial charge in [-0.25, -0.2) is 4.98 Å². The lowest BCUT2D eigenvalue weighted by atomic mass is 10.1. The van der Waals surface area contributed by atoms with Crippen molar-refractivity contribution in [2.45, 2.75) is 26.0 Å². The molecule has 0 radical (unpaired) electrons. The SMILES string of the molecule is CCn1ccnc1CC(O)c1ccoc1. The van der Waals surface area contributed by atoms with Gasteiger partial charge in [0.05, 0.1) is 18.6 Å². The Balaban J connectivity index is 2.09. The second-order valence-electron chi connectivity index (χ2n) is 3.41. The number of nitrogens with zero attached hydrogens (tertiary/aromatic N) is 2. The zero-order valence-electron chi connectivity index (χ0n) is 8.63. The highest BCUT2D eigenvalue weighted by Crippen LogP contribution is 2.17. The highest BCUT2D eigenvalue weighted by Gasteiger charge is 2.12. The Labute approximate surface area is 88.2 Å². The van der Waals surface area contributed by atoms with E-state index in [1.54, 1.807) is 24.8 Å². The maximum atomic E-state index is 9.89. The molecular formula is C11H14N2O2. The van der Waals surface area contributed by atoms with Crippen molar-refractivity contribution in [2.75, 3.05) is 0 Å². The molecule has 0 spiro atoms. The summed E-state index contributed by atoms with van der Waals surface area (Å²) in [5.41, 5.74) is 0.792. The largest absolute Gasteiger partial charge is 0.472 e. The minimum Gasteiger partial charge on any atom is -0.472 e. The van der Waals surface area contributed by atoms with E-state index >= 15 is 0 Å². The van der Waals surface area contributed by atoms with Gasteiger partial charge in [-0.1, -0.05) is 0 Å². The predicted molar refractivity (Wildman–Crippen MR) is 55.3 cm³/mol. The number of aryl methyl sites for hydroxylation is 1. The molecule has 0 saturated carbocycles. The number of furan rings is 1. The van der Waals surface area contributed by atoms with Crippen molar-refractivity contribution in [1.29, 1.82) is 0 Å². The van der Waals surface area contributed by atoms with E-state index < -0.39 is 6.10 Å². The molecule has 1 N–H and O–H groups in total. The van der Waals surface area contributed by atoms with Crippen LogP contribution in [0.2, 0.25) is 0 Å². The van der Waals surface area contributed by atoms with Gasteiger partial charge >= 0.3 is 0 Å². The second-order valence-corrected chi connectivity index (χ2v) is 3.41. The van der Waals surface area contributed by atoms with E-state index in [4.69, 9.17) is 4.42 Å². The summed E-state index contributed by atoms with van der Waals surface area (Å²) < 4.78 is 6.94. The van der Waals surface area contributed by atoms with Crippen molar-refractivity contribution in [3.8, 4) is 0 Å². The monoisotopic (exact) mass is 206 g/mol. The number of aliphatic hydroxyl groups excluding tert-OH is 1. The van der Waals surface area contributed by atoms with Crippen molar-refractivity contribution in [2.24, 2.45) is 0 Å². The van der Waals surface area contributed by atoms with Crippen LogP contribution in [-0.4, -0.2) is 14.7 Å². The molecule has 0 amide bonds. The van der Waals surface area contributed by atoms with Crippen molar-refractivity contribution < 1.29 is 9.52 Å². The molecule has 4 nitrogen and oxygen atoms in total. The number of imidazole rings is 1. The zero-order chi connectivity index (χ0) is 10.7. The molecule has 0 aliphatic rings. The molecule has 0 fully saturated rings. The molecule has 0 bridgehead atoms. The average Bonchev–Trinajstić information content (AvgIpc) is 2.87. The molecule has 4 heteroatoms. The predicted octanol–water partition coefficient (Wildman–Crippen LogP) is 1.77. The topological polar surface area (TPSA) is 51.2 Å². The summed E-state index contributed by atoms with van der Waals surface area (Å²) in [5, 5.41) is 9.89. The molecule has 2 heterocycles. The molecule has 1 atom stereocenters. The van der Waals surface area contributed by atoms with Crippen LogP contribution in [0, 0.1) is 0 Å². The molecule has 0 saturated heterocycles. The molecule has 15 heavy (non-hydrogen) atoms. The number of aromatic nitrogens is 2.